The summed E-state index contributed by atoms with van der Waals surface area (Å²) in [6.45, 7) is 1.86. The van der Waals surface area contributed by atoms with Crippen LogP contribution in [0.3, 0.4) is 0 Å². The van der Waals surface area contributed by atoms with Gasteiger partial charge in [-0.3, -0.25) is 5.10 Å². The number of rotatable bonds is 1. The van der Waals surface area contributed by atoms with Gasteiger partial charge in [0, 0.05) is 6.20 Å². The molecule has 2 rings (SSSR count). The largest absolute Gasteiger partial charge is 0.471 e. The first kappa shape index (κ1) is 7.49. The van der Waals surface area contributed by atoms with Gasteiger partial charge in [0.25, 0.3) is 0 Å². The molecule has 2 heterocycles. The second-order valence-corrected chi connectivity index (χ2v) is 2.91. The zero-order chi connectivity index (χ0) is 8.55. The number of ether oxygens (including phenoxy) is 1. The molecule has 0 fully saturated rings. The Balaban J connectivity index is 2.28. The lowest BCUT2D eigenvalue weighted by Crippen LogP contribution is -2.12. The van der Waals surface area contributed by atoms with Crippen LogP contribution in [-0.4, -0.2) is 10.2 Å². The maximum absolute atomic E-state index is 5.95. The van der Waals surface area contributed by atoms with E-state index in [4.69, 9.17) is 16.3 Å². The van der Waals surface area contributed by atoms with E-state index >= 15 is 0 Å². The first-order valence-corrected chi connectivity index (χ1v) is 3.93. The predicted molar refractivity (Wildman–Crippen MR) is 44.4 cm³/mol. The molecule has 1 atom stereocenters. The van der Waals surface area contributed by atoms with Crippen molar-refractivity contribution in [1.29, 1.82) is 0 Å². The molecular weight excluding hydrogens is 178 g/mol. The highest BCUT2D eigenvalue weighted by molar-refractivity contribution is 6.31. The molecule has 0 aliphatic carbocycles. The molecule has 4 nitrogen and oxygen atoms in total. The molecule has 0 bridgehead atoms. The lowest BCUT2D eigenvalue weighted by molar-refractivity contribution is 0.150. The summed E-state index contributed by atoms with van der Waals surface area (Å²) in [4.78, 5) is 0. The molecule has 1 aliphatic rings. The van der Waals surface area contributed by atoms with E-state index in [0.717, 1.165) is 5.69 Å². The van der Waals surface area contributed by atoms with Crippen molar-refractivity contribution in [3.8, 4) is 0 Å². The maximum Gasteiger partial charge on any atom is 0.215 e. The molecule has 1 aliphatic heterocycles. The van der Waals surface area contributed by atoms with Crippen LogP contribution in [-0.2, 0) is 4.74 Å². The van der Waals surface area contributed by atoms with Crippen LogP contribution in [0.5, 0.6) is 0 Å². The van der Waals surface area contributed by atoms with Gasteiger partial charge in [-0.25, -0.2) is 0 Å². The molecule has 0 saturated heterocycles. The highest BCUT2D eigenvalue weighted by Crippen LogP contribution is 2.25. The van der Waals surface area contributed by atoms with Gasteiger partial charge >= 0.3 is 0 Å². The van der Waals surface area contributed by atoms with E-state index < -0.39 is 0 Å². The van der Waals surface area contributed by atoms with Crippen molar-refractivity contribution in [2.45, 2.75) is 13.2 Å². The number of aromatic amines is 1. The normalized spacial score (nSPS) is 20.7. The molecule has 0 aromatic carbocycles. The lowest BCUT2D eigenvalue weighted by Gasteiger charge is -2.07. The van der Waals surface area contributed by atoms with Crippen LogP contribution in [0.1, 0.15) is 17.6 Å². The van der Waals surface area contributed by atoms with E-state index in [1.54, 1.807) is 12.5 Å². The minimum atomic E-state index is -0.248. The van der Waals surface area contributed by atoms with Gasteiger partial charge in [0.05, 0.1) is 10.7 Å². The SMILES string of the molecule is Cc1[nH]nc(C2NC=CO2)c1Cl. The number of nitrogens with zero attached hydrogens (tertiary/aromatic N) is 1. The Kier molecular flexibility index (Phi) is 1.69. The van der Waals surface area contributed by atoms with Crippen molar-refractivity contribution in [3.63, 3.8) is 0 Å². The highest BCUT2D eigenvalue weighted by atomic mass is 35.5. The molecule has 0 spiro atoms. The van der Waals surface area contributed by atoms with E-state index in [1.165, 1.54) is 0 Å². The molecule has 0 saturated carbocycles. The fraction of sp³-hybridized carbons (Fsp3) is 0.286. The molecule has 2 N–H and O–H groups in total. The average molecular weight is 186 g/mol. The third kappa shape index (κ3) is 1.04. The Bertz CT molecular complexity index is 312. The van der Waals surface area contributed by atoms with E-state index in [2.05, 4.69) is 15.5 Å². The minimum absolute atomic E-state index is 0.248. The zero-order valence-corrected chi connectivity index (χ0v) is 7.22. The number of hydrogen-bond acceptors (Lipinski definition) is 3. The Morgan fingerprint density at radius 3 is 3.00 bits per heavy atom. The summed E-state index contributed by atoms with van der Waals surface area (Å²) in [5, 5.41) is 10.4. The van der Waals surface area contributed by atoms with Gasteiger partial charge in [-0.1, -0.05) is 11.6 Å². The number of hydrogen-bond donors (Lipinski definition) is 2. The van der Waals surface area contributed by atoms with Crippen molar-refractivity contribution >= 4 is 11.6 Å². The van der Waals surface area contributed by atoms with Gasteiger partial charge in [0.15, 0.2) is 0 Å². The topological polar surface area (TPSA) is 49.9 Å². The number of aromatic nitrogens is 2. The summed E-state index contributed by atoms with van der Waals surface area (Å²) in [7, 11) is 0. The summed E-state index contributed by atoms with van der Waals surface area (Å²) in [5.74, 6) is 0. The average Bonchev–Trinajstić information content (AvgIpc) is 2.64. The number of nitrogens with one attached hydrogen (secondary N) is 2. The monoisotopic (exact) mass is 185 g/mol. The fourth-order valence-electron chi connectivity index (χ4n) is 1.04. The molecule has 0 amide bonds. The number of H-pyrrole nitrogens is 1. The van der Waals surface area contributed by atoms with E-state index in [0.29, 0.717) is 10.7 Å². The maximum atomic E-state index is 5.95. The molecule has 64 valence electrons. The van der Waals surface area contributed by atoms with Crippen LogP contribution in [0, 0.1) is 6.92 Å². The summed E-state index contributed by atoms with van der Waals surface area (Å²) >= 11 is 5.95. The van der Waals surface area contributed by atoms with Gasteiger partial charge in [0.1, 0.15) is 12.0 Å². The Labute approximate surface area is 74.6 Å². The van der Waals surface area contributed by atoms with Crippen LogP contribution >= 0.6 is 11.6 Å². The van der Waals surface area contributed by atoms with Crippen molar-refractivity contribution in [2.24, 2.45) is 0 Å². The van der Waals surface area contributed by atoms with Crippen LogP contribution in [0.15, 0.2) is 12.5 Å². The Morgan fingerprint density at radius 1 is 1.67 bits per heavy atom. The van der Waals surface area contributed by atoms with Crippen LogP contribution in [0.25, 0.3) is 0 Å². The molecular formula is C7H8ClN3O. The summed E-state index contributed by atoms with van der Waals surface area (Å²) in [5.41, 5.74) is 1.54. The van der Waals surface area contributed by atoms with Crippen molar-refractivity contribution in [3.05, 3.63) is 28.9 Å². The summed E-state index contributed by atoms with van der Waals surface area (Å²) in [6.07, 6.45) is 3.04. The quantitative estimate of drug-likeness (QED) is 0.697. The summed E-state index contributed by atoms with van der Waals surface area (Å²) in [6, 6.07) is 0. The van der Waals surface area contributed by atoms with Crippen LogP contribution < -0.4 is 5.32 Å². The van der Waals surface area contributed by atoms with Crippen LogP contribution in [0.2, 0.25) is 5.02 Å². The van der Waals surface area contributed by atoms with Crippen molar-refractivity contribution < 1.29 is 4.74 Å². The first-order chi connectivity index (χ1) is 5.79. The molecule has 1 aromatic heterocycles. The second kappa shape index (κ2) is 2.71. The highest BCUT2D eigenvalue weighted by Gasteiger charge is 2.20. The fourth-order valence-corrected chi connectivity index (χ4v) is 1.22. The second-order valence-electron chi connectivity index (χ2n) is 2.53. The number of halogens is 1. The van der Waals surface area contributed by atoms with Gasteiger partial charge in [-0.15, -0.1) is 0 Å². The van der Waals surface area contributed by atoms with Crippen molar-refractivity contribution in [1.82, 2.24) is 15.5 Å². The van der Waals surface area contributed by atoms with E-state index in [1.807, 2.05) is 6.92 Å². The minimum Gasteiger partial charge on any atom is -0.471 e. The third-order valence-electron chi connectivity index (χ3n) is 1.68. The van der Waals surface area contributed by atoms with Gasteiger partial charge < -0.3 is 10.1 Å². The van der Waals surface area contributed by atoms with E-state index in [-0.39, 0.29) is 6.23 Å². The lowest BCUT2D eigenvalue weighted by atomic mass is 10.3. The Morgan fingerprint density at radius 2 is 2.50 bits per heavy atom. The molecule has 12 heavy (non-hydrogen) atoms. The van der Waals surface area contributed by atoms with Gasteiger partial charge in [-0.05, 0) is 6.92 Å². The predicted octanol–water partition coefficient (Wildman–Crippen LogP) is 1.46. The standard InChI is InChI=1S/C7H8ClN3O/c1-4-5(8)6(11-10-4)7-9-2-3-12-7/h2-3,7,9H,1H3,(H,10,11). The molecule has 1 aromatic rings. The van der Waals surface area contributed by atoms with Gasteiger partial charge in [-0.2, -0.15) is 5.10 Å². The van der Waals surface area contributed by atoms with Crippen LogP contribution in [0.4, 0.5) is 0 Å². The first-order valence-electron chi connectivity index (χ1n) is 3.56. The molecule has 5 heteroatoms. The third-order valence-corrected chi connectivity index (χ3v) is 2.15. The smallest absolute Gasteiger partial charge is 0.215 e. The number of aryl methyl sites for hydroxylation is 1. The molecule has 0 radical (unpaired) electrons. The zero-order valence-electron chi connectivity index (χ0n) is 6.47. The Hall–Kier alpha value is -1.16. The van der Waals surface area contributed by atoms with E-state index in [9.17, 15) is 0 Å². The molecule has 1 unspecified atom stereocenters. The summed E-state index contributed by atoms with van der Waals surface area (Å²) < 4.78 is 5.17. The van der Waals surface area contributed by atoms with Gasteiger partial charge in [0.2, 0.25) is 6.23 Å². The van der Waals surface area contributed by atoms with Crippen molar-refractivity contribution in [2.75, 3.05) is 0 Å².